The van der Waals surface area contributed by atoms with Gasteiger partial charge in [-0.25, -0.2) is 21.6 Å². The minimum Gasteiger partial charge on any atom is -0.490 e. The maximum Gasteiger partial charge on any atom is 0.266 e. The second kappa shape index (κ2) is 31.6. The molecule has 464 valence electrons. The van der Waals surface area contributed by atoms with Crippen molar-refractivity contribution in [1.82, 2.24) is 19.9 Å². The van der Waals surface area contributed by atoms with Gasteiger partial charge in [0, 0.05) is 33.8 Å². The zero-order chi connectivity index (χ0) is 63.1. The Hall–Kier alpha value is -10.5. The van der Waals surface area contributed by atoms with Gasteiger partial charge in [-0.2, -0.15) is 5.10 Å². The Morgan fingerprint density at radius 2 is 0.989 bits per heavy atom. The fraction of sp³-hybridized carbons (Fsp3) is 0.129. The van der Waals surface area contributed by atoms with E-state index in [2.05, 4.69) is 74.4 Å². The summed E-state index contributed by atoms with van der Waals surface area (Å²) in [5.74, 6) is 4.92. The largest absolute Gasteiger partial charge is 0.490 e. The Kier molecular flexibility index (Phi) is 22.1. The van der Waals surface area contributed by atoms with Crippen molar-refractivity contribution < 1.29 is 59.6 Å². The number of amides is 2. The van der Waals surface area contributed by atoms with E-state index in [9.17, 15) is 26.4 Å². The van der Waals surface area contributed by atoms with Crippen molar-refractivity contribution in [2.45, 2.75) is 29.4 Å². The zero-order valence-corrected chi connectivity index (χ0v) is 51.5. The molecule has 9 aromatic carbocycles. The smallest absolute Gasteiger partial charge is 0.266 e. The Morgan fingerprint density at radius 1 is 0.451 bits per heavy atom. The summed E-state index contributed by atoms with van der Waals surface area (Å²) in [7, 11) is -6.36. The number of thiophene rings is 1. The van der Waals surface area contributed by atoms with E-state index in [0.717, 1.165) is 87.4 Å². The molecular formula is C70H63N5O13S3. The molecule has 0 bridgehead atoms. The van der Waals surface area contributed by atoms with Crippen molar-refractivity contribution in [2.75, 3.05) is 38.7 Å². The number of nitrogens with zero attached hydrogens (tertiary/aromatic N) is 1. The van der Waals surface area contributed by atoms with Crippen LogP contribution in [0.5, 0.6) is 34.5 Å². The molecule has 0 fully saturated rings. The normalized spacial score (nSPS) is 14.6. The van der Waals surface area contributed by atoms with E-state index >= 15 is 0 Å². The topological polar surface area (TPSA) is 236 Å². The number of H-pyrrole nitrogens is 2. The van der Waals surface area contributed by atoms with Crippen molar-refractivity contribution in [3.8, 4) is 34.5 Å². The molecule has 21 heteroatoms. The molecule has 18 rings (SSSR count). The molecule has 0 saturated heterocycles. The van der Waals surface area contributed by atoms with E-state index in [0.29, 0.717) is 20.2 Å². The molecular weight excluding hydrogens is 1210 g/mol. The first-order valence-electron chi connectivity index (χ1n) is 28.7. The van der Waals surface area contributed by atoms with Gasteiger partial charge < -0.3 is 43.5 Å². The number of anilines is 1. The van der Waals surface area contributed by atoms with Gasteiger partial charge in [0.15, 0.2) is 46.2 Å². The van der Waals surface area contributed by atoms with Crippen LogP contribution in [-0.2, 0) is 47.5 Å². The lowest BCUT2D eigenvalue weighted by Crippen LogP contribution is -2.25. The third kappa shape index (κ3) is 18.3. The number of nitrogens with one attached hydrogen (secondary N) is 4. The van der Waals surface area contributed by atoms with Crippen LogP contribution in [0.2, 0.25) is 0 Å². The van der Waals surface area contributed by atoms with Gasteiger partial charge >= 0.3 is 0 Å². The Labute approximate surface area is 530 Å². The number of sulfonamides is 1. The van der Waals surface area contributed by atoms with E-state index in [1.165, 1.54) is 33.1 Å². The summed E-state index contributed by atoms with van der Waals surface area (Å²) in [6.07, 6.45) is 4.73. The number of ether oxygens (including phenoxy) is 7. The molecule has 0 atom stereocenters. The lowest BCUT2D eigenvalue weighted by Gasteiger charge is -2.16. The summed E-state index contributed by atoms with van der Waals surface area (Å²) in [5.41, 5.74) is 6.34. The van der Waals surface area contributed by atoms with Crippen LogP contribution in [0.3, 0.4) is 0 Å². The monoisotopic (exact) mass is 1280 g/mol. The molecule has 0 saturated carbocycles. The summed E-state index contributed by atoms with van der Waals surface area (Å²) >= 11 is 1.79. The highest BCUT2D eigenvalue weighted by Gasteiger charge is 2.31. The van der Waals surface area contributed by atoms with Crippen molar-refractivity contribution in [3.05, 3.63) is 271 Å². The van der Waals surface area contributed by atoms with E-state index in [1.54, 1.807) is 23.5 Å². The Bertz CT molecular complexity index is 4240. The summed E-state index contributed by atoms with van der Waals surface area (Å²) in [4.78, 5) is 25.0. The first-order valence-corrected chi connectivity index (χ1v) is 32.9. The summed E-state index contributed by atoms with van der Waals surface area (Å²) in [6, 6.07) is 73.1. The van der Waals surface area contributed by atoms with Crippen LogP contribution >= 0.6 is 11.3 Å². The number of carbonyl (C=O) groups excluding carboxylic acids is 2. The van der Waals surface area contributed by atoms with E-state index in [-0.39, 0.29) is 34.5 Å². The van der Waals surface area contributed by atoms with Crippen LogP contribution in [-0.4, -0.2) is 77.2 Å². The molecule has 12 aromatic rings. The van der Waals surface area contributed by atoms with E-state index in [4.69, 9.17) is 33.2 Å². The number of benzene rings is 9. The summed E-state index contributed by atoms with van der Waals surface area (Å²) in [5, 5.41) is 15.3. The number of aromatic amines is 2. The average Bonchev–Trinajstić information content (AvgIpc) is 1.78. The average molecular weight is 1280 g/mol. The molecule has 0 aliphatic carbocycles. The SMILES string of the molecule is O=C1COc2ccccc2N1.O=C1NS(=O)(=O)c2ccccc21.O=S1(=O)Cc2ccccc2C1.c1ccc2[nH]ccc2c1.c1ccc2[nH]ncc2c1.c1ccc2c(c1)COCO2.c1ccc2c(c1)OCCCO2.c1ccc2c(c1)OCO2.c1ccc2sccc2c1. The molecule has 0 spiro atoms. The fourth-order valence-electron chi connectivity index (χ4n) is 9.27. The maximum atomic E-state index is 11.1. The Morgan fingerprint density at radius 3 is 1.64 bits per heavy atom. The predicted octanol–water partition coefficient (Wildman–Crippen LogP) is 13.7. The molecule has 6 aliphatic heterocycles. The lowest BCUT2D eigenvalue weighted by molar-refractivity contribution is -0.118. The quantitative estimate of drug-likeness (QED) is 0.111. The summed E-state index contributed by atoms with van der Waals surface area (Å²) in [6.45, 7) is 3.07. The molecule has 91 heavy (non-hydrogen) atoms. The van der Waals surface area contributed by atoms with Gasteiger partial charge in [0.2, 0.25) is 6.79 Å². The molecule has 6 aliphatic rings. The van der Waals surface area contributed by atoms with Crippen LogP contribution in [0.1, 0.15) is 33.5 Å². The molecule has 4 N–H and O–H groups in total. The highest BCUT2D eigenvalue weighted by atomic mass is 32.2. The van der Waals surface area contributed by atoms with E-state index in [1.807, 2.05) is 175 Å². The third-order valence-corrected chi connectivity index (χ3v) is 17.5. The number of aromatic nitrogens is 3. The highest BCUT2D eigenvalue weighted by Crippen LogP contribution is 2.31. The second-order valence-electron chi connectivity index (χ2n) is 20.1. The zero-order valence-electron chi connectivity index (χ0n) is 49.0. The number of para-hydroxylation sites is 9. The van der Waals surface area contributed by atoms with Gasteiger partial charge in [-0.1, -0.05) is 146 Å². The van der Waals surface area contributed by atoms with Gasteiger partial charge in [-0.15, -0.1) is 11.3 Å². The van der Waals surface area contributed by atoms with Crippen molar-refractivity contribution >= 4 is 80.6 Å². The van der Waals surface area contributed by atoms with Crippen LogP contribution < -0.4 is 38.5 Å². The van der Waals surface area contributed by atoms with Gasteiger partial charge in [-0.3, -0.25) is 14.7 Å². The van der Waals surface area contributed by atoms with Crippen LogP contribution in [0.4, 0.5) is 5.69 Å². The molecule has 18 nitrogen and oxygen atoms in total. The second-order valence-corrected chi connectivity index (χ2v) is 24.8. The number of sulfone groups is 1. The molecule has 0 unspecified atom stereocenters. The highest BCUT2D eigenvalue weighted by molar-refractivity contribution is 7.90. The van der Waals surface area contributed by atoms with Gasteiger partial charge in [0.1, 0.15) is 16.4 Å². The van der Waals surface area contributed by atoms with Crippen molar-refractivity contribution in [3.63, 3.8) is 0 Å². The number of carbonyl (C=O) groups is 2. The van der Waals surface area contributed by atoms with Crippen LogP contribution in [0.25, 0.3) is 31.9 Å². The van der Waals surface area contributed by atoms with Crippen LogP contribution in [0, 0.1) is 0 Å². The molecule has 3 aromatic heterocycles. The number of fused-ring (bicyclic) bond motifs is 9. The van der Waals surface area contributed by atoms with Gasteiger partial charge in [0.25, 0.3) is 21.8 Å². The fourth-order valence-corrected chi connectivity index (χ4v) is 12.8. The molecule has 9 heterocycles. The third-order valence-electron chi connectivity index (χ3n) is 13.7. The van der Waals surface area contributed by atoms with Crippen molar-refractivity contribution in [1.29, 1.82) is 0 Å². The summed E-state index contributed by atoms with van der Waals surface area (Å²) < 4.78 is 84.1. The van der Waals surface area contributed by atoms with Crippen LogP contribution in [0.15, 0.2) is 253 Å². The lowest BCUT2D eigenvalue weighted by atomic mass is 10.1. The number of hydrogen-bond acceptors (Lipinski definition) is 15. The van der Waals surface area contributed by atoms with Gasteiger partial charge in [0.05, 0.1) is 54.3 Å². The van der Waals surface area contributed by atoms with E-state index < -0.39 is 25.8 Å². The maximum absolute atomic E-state index is 11.1. The first-order chi connectivity index (χ1) is 44.4. The minimum absolute atomic E-state index is 0.0648. The first kappa shape index (κ1) is 63.6. The molecule has 0 radical (unpaired) electrons. The Balaban J connectivity index is 0.000000113. The molecule has 2 amide bonds. The van der Waals surface area contributed by atoms with Crippen molar-refractivity contribution in [2.24, 2.45) is 0 Å². The standard InChI is InChI=1S/C9H10O2.C8H7NO2.C8H7N.C8H8O2S.C8H8O2.C8H6S.C7H6N2.C7H5NO3S.C7H6O2/c1-2-5-9-8(4-1)10-6-3-7-11-9;10-8-5-11-7-4-2-1-3-6(7)9-8;1-2-4-8-7(3-1)5-6-9-8;9-11(10)5-7-3-1-2-4-8(7)6-11;1-2-4-8-7(3-1)5-9-6-10-8;1-2-4-8-7(3-1)5-6-9-8;1-2-4-7-6(3-1)5-8-9-7;9-7-5-3-1-2-4-6(5)12(10,11)8-7;1-2-4-7-6(3-1)8-5-9-7/h1-2,4-5H,3,6-7H2;1-4H,5H2,(H,9,10);1-6,9H;1-4H,5-6H2;1-4H,5-6H2;1-6H;1-5H,(H,8,9);1-4H,(H,8,9);1-4H,5H2. The number of rotatable bonds is 0. The number of hydrogen-bond donors (Lipinski definition) is 4. The minimum atomic E-state index is -3.55. The predicted molar refractivity (Wildman–Crippen MR) is 352 cm³/mol. The van der Waals surface area contributed by atoms with Gasteiger partial charge in [-0.05, 0) is 112 Å².